The highest BCUT2D eigenvalue weighted by Gasteiger charge is 2.31. The number of carbonyl (C=O) groups excluding carboxylic acids is 1. The van der Waals surface area contributed by atoms with E-state index in [1.165, 1.54) is 41.2 Å². The number of non-ortho nitro benzene ring substituents is 1. The lowest BCUT2D eigenvalue weighted by atomic mass is 10.1. The molecule has 0 unspecified atom stereocenters. The summed E-state index contributed by atoms with van der Waals surface area (Å²) in [6.07, 6.45) is -1.55. The molecule has 1 heterocycles. The van der Waals surface area contributed by atoms with Crippen LogP contribution >= 0.6 is 11.8 Å². The van der Waals surface area contributed by atoms with Gasteiger partial charge < -0.3 is 5.32 Å². The molecule has 3 rings (SSSR count). The highest BCUT2D eigenvalue weighted by molar-refractivity contribution is 8.00. The maximum absolute atomic E-state index is 13.1. The van der Waals surface area contributed by atoms with Crippen LogP contribution in [-0.4, -0.2) is 26.4 Å². The van der Waals surface area contributed by atoms with Gasteiger partial charge in [0, 0.05) is 29.4 Å². The molecule has 1 amide bonds. The Bertz CT molecular complexity index is 1020. The molecule has 0 spiro atoms. The van der Waals surface area contributed by atoms with Gasteiger partial charge >= 0.3 is 6.18 Å². The fourth-order valence-corrected chi connectivity index (χ4v) is 3.12. The Hall–Kier alpha value is -3.34. The van der Waals surface area contributed by atoms with E-state index in [0.717, 1.165) is 23.9 Å². The highest BCUT2D eigenvalue weighted by Crippen LogP contribution is 2.33. The van der Waals surface area contributed by atoms with Gasteiger partial charge in [0.15, 0.2) is 0 Å². The topological polar surface area (TPSA) is 90.1 Å². The average Bonchev–Trinajstić information content (AvgIpc) is 3.20. The number of nitro benzene ring substituents is 1. The molecule has 0 aliphatic rings. The van der Waals surface area contributed by atoms with Crippen LogP contribution in [0.4, 0.5) is 24.5 Å². The SMILES string of the molecule is O=C(CSc1ccc([N+](=O)[O-])cc1)Nc1cc(C(F)(F)F)ccc1-n1cccn1. The summed E-state index contributed by atoms with van der Waals surface area (Å²) in [5, 5.41) is 17.1. The van der Waals surface area contributed by atoms with Gasteiger partial charge in [-0.05, 0) is 36.4 Å². The number of benzene rings is 2. The number of nitrogens with zero attached hydrogens (tertiary/aromatic N) is 3. The number of alkyl halides is 3. The van der Waals surface area contributed by atoms with E-state index in [-0.39, 0.29) is 22.8 Å². The van der Waals surface area contributed by atoms with Crippen LogP contribution in [0.3, 0.4) is 0 Å². The lowest BCUT2D eigenvalue weighted by molar-refractivity contribution is -0.384. The van der Waals surface area contributed by atoms with Crippen LogP contribution in [0.1, 0.15) is 5.56 Å². The zero-order chi connectivity index (χ0) is 21.0. The van der Waals surface area contributed by atoms with E-state index in [2.05, 4.69) is 10.4 Å². The molecule has 0 radical (unpaired) electrons. The third-order valence-electron chi connectivity index (χ3n) is 3.77. The van der Waals surface area contributed by atoms with Crippen LogP contribution in [0.2, 0.25) is 0 Å². The van der Waals surface area contributed by atoms with E-state index < -0.39 is 22.6 Å². The Balaban J connectivity index is 1.75. The van der Waals surface area contributed by atoms with E-state index >= 15 is 0 Å². The van der Waals surface area contributed by atoms with Gasteiger partial charge in [-0.25, -0.2) is 4.68 Å². The van der Waals surface area contributed by atoms with Crippen molar-refractivity contribution >= 4 is 29.0 Å². The predicted molar refractivity (Wildman–Crippen MR) is 101 cm³/mol. The Kier molecular flexibility index (Phi) is 5.87. The van der Waals surface area contributed by atoms with Crippen LogP contribution in [0, 0.1) is 10.1 Å². The third kappa shape index (κ3) is 5.13. The molecule has 0 aliphatic carbocycles. The van der Waals surface area contributed by atoms with Crippen molar-refractivity contribution in [1.29, 1.82) is 0 Å². The van der Waals surface area contributed by atoms with Crippen LogP contribution < -0.4 is 5.32 Å². The van der Waals surface area contributed by atoms with Crippen LogP contribution in [-0.2, 0) is 11.0 Å². The van der Waals surface area contributed by atoms with Crippen molar-refractivity contribution in [2.45, 2.75) is 11.1 Å². The quantitative estimate of drug-likeness (QED) is 0.358. The molecular weight excluding hydrogens is 409 g/mol. The molecule has 0 saturated carbocycles. The number of hydrogen-bond donors (Lipinski definition) is 1. The Morgan fingerprint density at radius 2 is 1.93 bits per heavy atom. The normalized spacial score (nSPS) is 11.3. The second kappa shape index (κ2) is 8.35. The first kappa shape index (κ1) is 20.4. The van der Waals surface area contributed by atoms with Gasteiger partial charge in [0.1, 0.15) is 0 Å². The second-order valence-electron chi connectivity index (χ2n) is 5.77. The number of aromatic nitrogens is 2. The summed E-state index contributed by atoms with van der Waals surface area (Å²) in [5.74, 6) is -0.617. The first-order chi connectivity index (χ1) is 13.7. The molecule has 0 bridgehead atoms. The number of nitrogens with one attached hydrogen (secondary N) is 1. The van der Waals surface area contributed by atoms with Crippen molar-refractivity contribution in [2.75, 3.05) is 11.1 Å². The van der Waals surface area contributed by atoms with E-state index in [1.807, 2.05) is 0 Å². The third-order valence-corrected chi connectivity index (χ3v) is 4.78. The summed E-state index contributed by atoms with van der Waals surface area (Å²) in [4.78, 5) is 23.0. The molecule has 11 heteroatoms. The van der Waals surface area contributed by atoms with Gasteiger partial charge in [-0.2, -0.15) is 18.3 Å². The summed E-state index contributed by atoms with van der Waals surface area (Å²) in [7, 11) is 0. The minimum atomic E-state index is -4.56. The molecule has 1 aromatic heterocycles. The summed E-state index contributed by atoms with van der Waals surface area (Å²) >= 11 is 1.10. The highest BCUT2D eigenvalue weighted by atomic mass is 32.2. The number of thioether (sulfide) groups is 1. The average molecular weight is 422 g/mol. The maximum atomic E-state index is 13.1. The number of amides is 1. The van der Waals surface area contributed by atoms with Crippen molar-refractivity contribution < 1.29 is 22.9 Å². The standard InChI is InChI=1S/C18H13F3N4O3S/c19-18(20,21)12-2-7-16(24-9-1-8-22-24)15(10-12)23-17(26)11-29-14-5-3-13(4-6-14)25(27)28/h1-10H,11H2,(H,23,26). The number of halogens is 3. The van der Waals surface area contributed by atoms with Crippen LogP contribution in [0.25, 0.3) is 5.69 Å². The zero-order valence-corrected chi connectivity index (χ0v) is 15.4. The van der Waals surface area contributed by atoms with E-state index in [0.29, 0.717) is 4.90 Å². The summed E-state index contributed by atoms with van der Waals surface area (Å²) in [5.41, 5.74) is -0.715. The molecule has 0 saturated heterocycles. The molecule has 0 aliphatic heterocycles. The van der Waals surface area contributed by atoms with Crippen molar-refractivity contribution in [3.63, 3.8) is 0 Å². The molecule has 150 valence electrons. The number of rotatable bonds is 6. The first-order valence-electron chi connectivity index (χ1n) is 8.12. The van der Waals surface area contributed by atoms with Gasteiger partial charge in [0.05, 0.1) is 27.6 Å². The molecule has 1 N–H and O–H groups in total. The van der Waals surface area contributed by atoms with Crippen molar-refractivity contribution in [1.82, 2.24) is 9.78 Å². The van der Waals surface area contributed by atoms with Gasteiger partial charge in [-0.3, -0.25) is 14.9 Å². The van der Waals surface area contributed by atoms with Crippen molar-refractivity contribution in [3.05, 3.63) is 76.6 Å². The lowest BCUT2D eigenvalue weighted by Crippen LogP contribution is -2.17. The molecule has 7 nitrogen and oxygen atoms in total. The van der Waals surface area contributed by atoms with E-state index in [4.69, 9.17) is 0 Å². The number of anilines is 1. The van der Waals surface area contributed by atoms with Gasteiger partial charge in [0.2, 0.25) is 5.91 Å². The summed E-state index contributed by atoms with van der Waals surface area (Å²) < 4.78 is 40.5. The molecule has 2 aromatic carbocycles. The Morgan fingerprint density at radius 3 is 2.52 bits per heavy atom. The van der Waals surface area contributed by atoms with Crippen molar-refractivity contribution in [2.24, 2.45) is 0 Å². The van der Waals surface area contributed by atoms with E-state index in [1.54, 1.807) is 12.3 Å². The molecule has 29 heavy (non-hydrogen) atoms. The zero-order valence-electron chi connectivity index (χ0n) is 14.6. The molecule has 3 aromatic rings. The van der Waals surface area contributed by atoms with Crippen molar-refractivity contribution in [3.8, 4) is 5.69 Å². The van der Waals surface area contributed by atoms with Gasteiger partial charge in [-0.1, -0.05) is 0 Å². The Morgan fingerprint density at radius 1 is 1.21 bits per heavy atom. The number of carbonyl (C=O) groups is 1. The fraction of sp³-hybridized carbons (Fsp3) is 0.111. The second-order valence-corrected chi connectivity index (χ2v) is 6.82. The largest absolute Gasteiger partial charge is 0.416 e. The molecular formula is C18H13F3N4O3S. The van der Waals surface area contributed by atoms with Crippen LogP contribution in [0.15, 0.2) is 65.8 Å². The minimum absolute atomic E-state index is 0.0298. The van der Waals surface area contributed by atoms with Crippen LogP contribution in [0.5, 0.6) is 0 Å². The van der Waals surface area contributed by atoms with E-state index in [9.17, 15) is 28.1 Å². The number of nitro groups is 1. The fourth-order valence-electron chi connectivity index (χ4n) is 2.42. The molecule has 0 atom stereocenters. The van der Waals surface area contributed by atoms with Gasteiger partial charge in [0.25, 0.3) is 5.69 Å². The predicted octanol–water partition coefficient (Wildman–Crippen LogP) is 4.53. The van der Waals surface area contributed by atoms with Gasteiger partial charge in [-0.15, -0.1) is 11.8 Å². The summed E-state index contributed by atoms with van der Waals surface area (Å²) in [6.45, 7) is 0. The molecule has 0 fully saturated rings. The number of hydrogen-bond acceptors (Lipinski definition) is 5. The summed E-state index contributed by atoms with van der Waals surface area (Å²) in [6, 6.07) is 10.2. The maximum Gasteiger partial charge on any atom is 0.416 e. The monoisotopic (exact) mass is 422 g/mol. The lowest BCUT2D eigenvalue weighted by Gasteiger charge is -2.14. The minimum Gasteiger partial charge on any atom is -0.323 e. The first-order valence-corrected chi connectivity index (χ1v) is 9.11. The smallest absolute Gasteiger partial charge is 0.323 e. The Labute approximate surface area is 166 Å².